The zero-order valence-electron chi connectivity index (χ0n) is 8.21. The number of nitrogens with zero attached hydrogens (tertiary/aromatic N) is 1. The molecule has 0 fully saturated rings. The summed E-state index contributed by atoms with van der Waals surface area (Å²) in [6.07, 6.45) is 1.42. The first kappa shape index (κ1) is 12.2. The largest absolute Gasteiger partial charge is 0.475 e. The molecular weight excluding hydrogens is 237 g/mol. The lowest BCUT2D eigenvalue weighted by atomic mass is 10.4. The molecule has 0 aliphatic rings. The van der Waals surface area contributed by atoms with Crippen molar-refractivity contribution in [2.24, 2.45) is 0 Å². The van der Waals surface area contributed by atoms with Gasteiger partial charge in [-0.25, -0.2) is 8.42 Å². The third-order valence-electron chi connectivity index (χ3n) is 1.89. The molecule has 0 aliphatic heterocycles. The highest BCUT2D eigenvalue weighted by molar-refractivity contribution is 7.90. The number of pyridine rings is 1. The number of aromatic nitrogens is 1. The molecule has 1 aromatic heterocycles. The molecule has 1 rings (SSSR count). The first-order valence-corrected chi connectivity index (χ1v) is 6.56. The van der Waals surface area contributed by atoms with Crippen LogP contribution in [0.15, 0.2) is 23.1 Å². The lowest BCUT2D eigenvalue weighted by Gasteiger charge is -2.06. The summed E-state index contributed by atoms with van der Waals surface area (Å²) in [6.45, 7) is 1.54. The zero-order chi connectivity index (χ0) is 11.5. The molecule has 0 amide bonds. The van der Waals surface area contributed by atoms with Crippen LogP contribution in [0.5, 0.6) is 5.75 Å². The number of hydrogen-bond acceptors (Lipinski definition) is 4. The van der Waals surface area contributed by atoms with Gasteiger partial charge < -0.3 is 4.52 Å². The Hall–Kier alpha value is -0.870. The van der Waals surface area contributed by atoms with Gasteiger partial charge in [0, 0.05) is 11.9 Å². The van der Waals surface area contributed by atoms with E-state index in [2.05, 4.69) is 0 Å². The van der Waals surface area contributed by atoms with Gasteiger partial charge in [0.1, 0.15) is 5.88 Å². The molecular formula is C8H12NO4PS. The molecule has 0 aliphatic carbocycles. The summed E-state index contributed by atoms with van der Waals surface area (Å²) in [7, 11) is -1.27. The fourth-order valence-electron chi connectivity index (χ4n) is 1.01. The van der Waals surface area contributed by atoms with E-state index in [1.165, 1.54) is 19.2 Å². The SMILES string of the molecule is CCS(=O)(=O)Cn1cccc(OP)c1=O. The van der Waals surface area contributed by atoms with E-state index >= 15 is 0 Å². The van der Waals surface area contributed by atoms with Gasteiger partial charge in [-0.2, -0.15) is 0 Å². The van der Waals surface area contributed by atoms with E-state index in [9.17, 15) is 13.2 Å². The van der Waals surface area contributed by atoms with Crippen molar-refractivity contribution in [1.29, 1.82) is 0 Å². The van der Waals surface area contributed by atoms with Crippen molar-refractivity contribution in [2.75, 3.05) is 5.75 Å². The molecule has 1 heterocycles. The quantitative estimate of drug-likeness (QED) is 0.725. The third-order valence-corrected chi connectivity index (χ3v) is 3.69. The molecule has 1 aromatic rings. The lowest BCUT2D eigenvalue weighted by Crippen LogP contribution is -2.24. The van der Waals surface area contributed by atoms with Gasteiger partial charge in [-0.05, 0) is 12.1 Å². The molecule has 5 nitrogen and oxygen atoms in total. The predicted octanol–water partition coefficient (Wildman–Crippen LogP) is 0.409. The van der Waals surface area contributed by atoms with Gasteiger partial charge in [0.2, 0.25) is 0 Å². The van der Waals surface area contributed by atoms with Crippen molar-refractivity contribution in [2.45, 2.75) is 12.8 Å². The van der Waals surface area contributed by atoms with E-state index in [0.717, 1.165) is 4.57 Å². The fraction of sp³-hybridized carbons (Fsp3) is 0.375. The summed E-state index contributed by atoms with van der Waals surface area (Å²) in [6, 6.07) is 3.04. The van der Waals surface area contributed by atoms with Gasteiger partial charge in [-0.15, -0.1) is 0 Å². The third kappa shape index (κ3) is 3.04. The maximum atomic E-state index is 11.6. The minimum Gasteiger partial charge on any atom is -0.475 e. The van der Waals surface area contributed by atoms with Crippen LogP contribution in [0.4, 0.5) is 0 Å². The van der Waals surface area contributed by atoms with Crippen LogP contribution in [0, 0.1) is 0 Å². The van der Waals surface area contributed by atoms with Gasteiger partial charge in [-0.3, -0.25) is 9.36 Å². The van der Waals surface area contributed by atoms with Crippen LogP contribution in [-0.2, 0) is 15.7 Å². The Balaban J connectivity index is 3.12. The molecule has 1 atom stereocenters. The highest BCUT2D eigenvalue weighted by Gasteiger charge is 2.11. The van der Waals surface area contributed by atoms with Crippen molar-refractivity contribution in [1.82, 2.24) is 4.57 Å². The van der Waals surface area contributed by atoms with E-state index in [0.29, 0.717) is 0 Å². The number of sulfone groups is 1. The van der Waals surface area contributed by atoms with Crippen LogP contribution in [0.25, 0.3) is 0 Å². The number of hydrogen-bond donors (Lipinski definition) is 0. The minimum atomic E-state index is -3.22. The second-order valence-electron chi connectivity index (χ2n) is 2.93. The molecule has 0 bridgehead atoms. The first-order chi connectivity index (χ1) is 7.00. The molecule has 0 spiro atoms. The molecule has 0 aromatic carbocycles. The summed E-state index contributed by atoms with van der Waals surface area (Å²) in [5.41, 5.74) is -0.454. The van der Waals surface area contributed by atoms with Gasteiger partial charge in [0.15, 0.2) is 15.6 Å². The monoisotopic (exact) mass is 249 g/mol. The van der Waals surface area contributed by atoms with Gasteiger partial charge in [-0.1, -0.05) is 6.92 Å². The fourth-order valence-corrected chi connectivity index (χ4v) is 2.00. The highest BCUT2D eigenvalue weighted by atomic mass is 32.2. The van der Waals surface area contributed by atoms with E-state index in [1.807, 2.05) is 9.47 Å². The van der Waals surface area contributed by atoms with Gasteiger partial charge in [0.25, 0.3) is 5.56 Å². The molecule has 15 heavy (non-hydrogen) atoms. The molecule has 84 valence electrons. The maximum absolute atomic E-state index is 11.6. The molecule has 0 saturated carbocycles. The Kier molecular flexibility index (Phi) is 3.88. The van der Waals surface area contributed by atoms with Crippen LogP contribution in [0.2, 0.25) is 0 Å². The summed E-state index contributed by atoms with van der Waals surface area (Å²) in [4.78, 5) is 11.6. The Morgan fingerprint density at radius 2 is 2.20 bits per heavy atom. The lowest BCUT2D eigenvalue weighted by molar-refractivity contribution is 0.576. The van der Waals surface area contributed by atoms with Crippen LogP contribution >= 0.6 is 9.47 Å². The van der Waals surface area contributed by atoms with Gasteiger partial charge in [0.05, 0.1) is 9.47 Å². The van der Waals surface area contributed by atoms with Crippen molar-refractivity contribution in [3.63, 3.8) is 0 Å². The molecule has 0 radical (unpaired) electrons. The summed E-state index contributed by atoms with van der Waals surface area (Å²) < 4.78 is 28.5. The predicted molar refractivity (Wildman–Crippen MR) is 60.5 cm³/mol. The number of rotatable bonds is 4. The van der Waals surface area contributed by atoms with Crippen LogP contribution < -0.4 is 10.1 Å². The Labute approximate surface area is 90.3 Å². The topological polar surface area (TPSA) is 65.4 Å². The van der Waals surface area contributed by atoms with Crippen molar-refractivity contribution < 1.29 is 12.9 Å². The van der Waals surface area contributed by atoms with Crippen LogP contribution in [-0.4, -0.2) is 18.7 Å². The first-order valence-electron chi connectivity index (χ1n) is 4.27. The van der Waals surface area contributed by atoms with Crippen molar-refractivity contribution in [3.8, 4) is 5.75 Å². The van der Waals surface area contributed by atoms with Crippen molar-refractivity contribution >= 4 is 19.3 Å². The summed E-state index contributed by atoms with van der Waals surface area (Å²) in [5, 5.41) is 0. The average Bonchev–Trinajstić information content (AvgIpc) is 2.21. The molecule has 0 saturated heterocycles. The Bertz CT molecular complexity index is 494. The molecule has 1 unspecified atom stereocenters. The molecule has 0 N–H and O–H groups in total. The van der Waals surface area contributed by atoms with Gasteiger partial charge >= 0.3 is 0 Å². The Morgan fingerprint density at radius 1 is 1.53 bits per heavy atom. The second-order valence-corrected chi connectivity index (χ2v) is 5.48. The van der Waals surface area contributed by atoms with Crippen LogP contribution in [0.1, 0.15) is 6.92 Å². The zero-order valence-corrected chi connectivity index (χ0v) is 10.2. The average molecular weight is 249 g/mol. The summed E-state index contributed by atoms with van der Waals surface area (Å²) >= 11 is 0. The normalized spacial score (nSPS) is 11.3. The van der Waals surface area contributed by atoms with Crippen molar-refractivity contribution in [3.05, 3.63) is 28.7 Å². The van der Waals surface area contributed by atoms with Crippen LogP contribution in [0.3, 0.4) is 0 Å². The smallest absolute Gasteiger partial charge is 0.294 e. The maximum Gasteiger partial charge on any atom is 0.294 e. The second kappa shape index (κ2) is 4.77. The standard InChI is InChI=1S/C8H12NO4PS/c1-2-15(11,12)6-9-5-3-4-7(13-14)8(9)10/h3-5H,2,6,14H2,1H3. The highest BCUT2D eigenvalue weighted by Crippen LogP contribution is 2.05. The summed E-state index contributed by atoms with van der Waals surface area (Å²) in [5.74, 6) is -0.205. The molecule has 7 heteroatoms. The van der Waals surface area contributed by atoms with E-state index in [-0.39, 0.29) is 17.4 Å². The van der Waals surface area contributed by atoms with E-state index < -0.39 is 15.4 Å². The van der Waals surface area contributed by atoms with E-state index in [4.69, 9.17) is 4.52 Å². The minimum absolute atomic E-state index is 0.00536. The van der Waals surface area contributed by atoms with E-state index in [1.54, 1.807) is 6.07 Å². The Morgan fingerprint density at radius 3 is 2.73 bits per heavy atom.